The molecule has 0 radical (unpaired) electrons. The number of amides is 1. The molecule has 1 amide bonds. The zero-order valence-electron chi connectivity index (χ0n) is 12.7. The summed E-state index contributed by atoms with van der Waals surface area (Å²) in [5.41, 5.74) is -1.96. The van der Waals surface area contributed by atoms with Gasteiger partial charge in [-0.15, -0.1) is 0 Å². The molecule has 21 heavy (non-hydrogen) atoms. The monoisotopic (exact) mass is 307 g/mol. The quantitative estimate of drug-likeness (QED) is 0.835. The smallest absolute Gasteiger partial charge is 0.408 e. The molecular weight excluding hydrogens is 284 g/mol. The number of halogens is 2. The number of carbonyl (C=O) groups is 2. The van der Waals surface area contributed by atoms with Crippen molar-refractivity contribution in [3.63, 3.8) is 0 Å². The van der Waals surface area contributed by atoms with Crippen LogP contribution in [-0.4, -0.2) is 34.2 Å². The van der Waals surface area contributed by atoms with E-state index in [0.717, 1.165) is 6.42 Å². The fraction of sp³-hybridized carbons (Fsp3) is 0.857. The van der Waals surface area contributed by atoms with Crippen LogP contribution in [0.15, 0.2) is 0 Å². The summed E-state index contributed by atoms with van der Waals surface area (Å²) in [4.78, 5) is 22.5. The first-order chi connectivity index (χ1) is 9.46. The van der Waals surface area contributed by atoms with Gasteiger partial charge in [0.1, 0.15) is 5.60 Å². The molecule has 5 nitrogen and oxygen atoms in total. The van der Waals surface area contributed by atoms with Crippen molar-refractivity contribution in [3.05, 3.63) is 0 Å². The molecule has 0 aliphatic heterocycles. The first kappa shape index (κ1) is 17.7. The average Bonchev–Trinajstić information content (AvgIpc) is 2.25. The summed E-state index contributed by atoms with van der Waals surface area (Å²) >= 11 is 0. The predicted molar refractivity (Wildman–Crippen MR) is 72.4 cm³/mol. The van der Waals surface area contributed by atoms with Gasteiger partial charge in [0.05, 0.1) is 0 Å². The summed E-state index contributed by atoms with van der Waals surface area (Å²) in [6.07, 6.45) is 1.19. The van der Waals surface area contributed by atoms with E-state index >= 15 is 0 Å². The normalized spacial score (nSPS) is 18.9. The van der Waals surface area contributed by atoms with Crippen molar-refractivity contribution in [2.24, 2.45) is 0 Å². The van der Waals surface area contributed by atoms with Gasteiger partial charge in [0.25, 0.3) is 0 Å². The van der Waals surface area contributed by atoms with Crippen LogP contribution in [0, 0.1) is 0 Å². The Morgan fingerprint density at radius 2 is 1.71 bits per heavy atom. The molecule has 0 heterocycles. The Bertz CT molecular complexity index is 398. The molecule has 122 valence electrons. The van der Waals surface area contributed by atoms with E-state index in [4.69, 9.17) is 9.84 Å². The van der Waals surface area contributed by atoms with Gasteiger partial charge in [-0.2, -0.15) is 8.78 Å². The summed E-state index contributed by atoms with van der Waals surface area (Å²) in [6, 6.07) is 0. The number of alkyl halides is 2. The number of hydrogen-bond acceptors (Lipinski definition) is 3. The number of aliphatic carboxylic acids is 1. The van der Waals surface area contributed by atoms with Crippen LogP contribution >= 0.6 is 0 Å². The van der Waals surface area contributed by atoms with Gasteiger partial charge in [0.15, 0.2) is 0 Å². The van der Waals surface area contributed by atoms with Crippen LogP contribution in [-0.2, 0) is 9.53 Å². The molecule has 0 aromatic rings. The Hall–Kier alpha value is -1.40. The predicted octanol–water partition coefficient (Wildman–Crippen LogP) is 3.32. The van der Waals surface area contributed by atoms with Crippen molar-refractivity contribution < 1.29 is 28.2 Å². The Morgan fingerprint density at radius 3 is 2.14 bits per heavy atom. The highest BCUT2D eigenvalue weighted by Gasteiger charge is 2.49. The standard InChI is InChI=1S/C14H23F2NO4/c1-12(2,3)21-11(20)17-13(7-5-4-6-8-13)9-14(15,16)10(18)19/h4-9H2,1-3H3,(H,17,20)(H,18,19). The molecule has 0 spiro atoms. The van der Waals surface area contributed by atoms with Gasteiger partial charge in [-0.3, -0.25) is 0 Å². The van der Waals surface area contributed by atoms with Gasteiger partial charge in [0, 0.05) is 12.0 Å². The molecule has 0 aromatic carbocycles. The lowest BCUT2D eigenvalue weighted by atomic mass is 9.77. The topological polar surface area (TPSA) is 75.6 Å². The highest BCUT2D eigenvalue weighted by atomic mass is 19.3. The Balaban J connectivity index is 2.84. The number of carbonyl (C=O) groups excluding carboxylic acids is 1. The van der Waals surface area contributed by atoms with Crippen molar-refractivity contribution >= 4 is 12.1 Å². The summed E-state index contributed by atoms with van der Waals surface area (Å²) in [6.45, 7) is 5.02. The van der Waals surface area contributed by atoms with Crippen LogP contribution in [0.4, 0.5) is 13.6 Å². The molecule has 1 rings (SSSR count). The Labute approximate surface area is 123 Å². The van der Waals surface area contributed by atoms with Crippen LogP contribution in [0.25, 0.3) is 0 Å². The highest BCUT2D eigenvalue weighted by molar-refractivity contribution is 5.76. The number of alkyl carbamates (subject to hydrolysis) is 1. The number of ether oxygens (including phenoxy) is 1. The molecule has 0 aromatic heterocycles. The molecule has 0 bridgehead atoms. The SMILES string of the molecule is CC(C)(C)OC(=O)NC1(CC(F)(F)C(=O)O)CCCCC1. The van der Waals surface area contributed by atoms with E-state index in [1.54, 1.807) is 20.8 Å². The minimum atomic E-state index is -3.87. The maximum absolute atomic E-state index is 13.6. The summed E-state index contributed by atoms with van der Waals surface area (Å²) < 4.78 is 32.2. The zero-order chi connectivity index (χ0) is 16.3. The van der Waals surface area contributed by atoms with Crippen LogP contribution in [0.1, 0.15) is 59.3 Å². The molecule has 1 saturated carbocycles. The van der Waals surface area contributed by atoms with Gasteiger partial charge in [-0.1, -0.05) is 19.3 Å². The molecule has 1 aliphatic carbocycles. The number of hydrogen-bond donors (Lipinski definition) is 2. The third-order valence-electron chi connectivity index (χ3n) is 3.45. The van der Waals surface area contributed by atoms with E-state index < -0.39 is 35.5 Å². The van der Waals surface area contributed by atoms with E-state index in [1.807, 2.05) is 0 Å². The van der Waals surface area contributed by atoms with Crippen molar-refractivity contribution in [2.75, 3.05) is 0 Å². The number of carboxylic acids is 1. The zero-order valence-corrected chi connectivity index (χ0v) is 12.7. The minimum absolute atomic E-state index is 0.328. The van der Waals surface area contributed by atoms with Gasteiger partial charge >= 0.3 is 18.0 Å². The van der Waals surface area contributed by atoms with E-state index in [1.165, 1.54) is 0 Å². The minimum Gasteiger partial charge on any atom is -0.477 e. The van der Waals surface area contributed by atoms with E-state index in [0.29, 0.717) is 25.7 Å². The number of nitrogens with one attached hydrogen (secondary N) is 1. The van der Waals surface area contributed by atoms with Crippen molar-refractivity contribution in [3.8, 4) is 0 Å². The summed E-state index contributed by atoms with van der Waals surface area (Å²) in [5, 5.41) is 11.1. The maximum atomic E-state index is 13.6. The molecule has 0 atom stereocenters. The molecule has 7 heteroatoms. The lowest BCUT2D eigenvalue weighted by Crippen LogP contribution is -2.55. The van der Waals surface area contributed by atoms with Crippen molar-refractivity contribution in [1.82, 2.24) is 5.32 Å². The van der Waals surface area contributed by atoms with Crippen LogP contribution in [0.3, 0.4) is 0 Å². The summed E-state index contributed by atoms with van der Waals surface area (Å²) in [5.74, 6) is -6.04. The van der Waals surface area contributed by atoms with Gasteiger partial charge in [0.2, 0.25) is 0 Å². The Morgan fingerprint density at radius 1 is 1.19 bits per heavy atom. The third kappa shape index (κ3) is 5.47. The van der Waals surface area contributed by atoms with E-state index in [9.17, 15) is 18.4 Å². The fourth-order valence-corrected chi connectivity index (χ4v) is 2.60. The molecule has 1 fully saturated rings. The van der Waals surface area contributed by atoms with Gasteiger partial charge in [-0.25, -0.2) is 9.59 Å². The van der Waals surface area contributed by atoms with Gasteiger partial charge in [-0.05, 0) is 33.6 Å². The van der Waals surface area contributed by atoms with Gasteiger partial charge < -0.3 is 15.2 Å². The second-order valence-electron chi connectivity index (χ2n) is 6.65. The van der Waals surface area contributed by atoms with Crippen LogP contribution < -0.4 is 5.32 Å². The second kappa shape index (κ2) is 6.15. The lowest BCUT2D eigenvalue weighted by Gasteiger charge is -2.39. The van der Waals surface area contributed by atoms with E-state index in [2.05, 4.69) is 5.32 Å². The molecule has 0 unspecified atom stereocenters. The van der Waals surface area contributed by atoms with E-state index in [-0.39, 0.29) is 0 Å². The number of rotatable bonds is 4. The first-order valence-corrected chi connectivity index (χ1v) is 7.08. The first-order valence-electron chi connectivity index (χ1n) is 7.08. The van der Waals surface area contributed by atoms with Crippen molar-refractivity contribution in [1.29, 1.82) is 0 Å². The second-order valence-corrected chi connectivity index (χ2v) is 6.65. The Kier molecular flexibility index (Phi) is 5.17. The molecule has 0 saturated heterocycles. The van der Waals surface area contributed by atoms with Crippen molar-refractivity contribution in [2.45, 2.75) is 76.4 Å². The number of carboxylic acid groups (broad SMARTS) is 1. The molecular formula is C14H23F2NO4. The highest BCUT2D eigenvalue weighted by Crippen LogP contribution is 2.37. The lowest BCUT2D eigenvalue weighted by molar-refractivity contribution is -0.169. The fourth-order valence-electron chi connectivity index (χ4n) is 2.60. The molecule has 2 N–H and O–H groups in total. The summed E-state index contributed by atoms with van der Waals surface area (Å²) in [7, 11) is 0. The van der Waals surface area contributed by atoms with Crippen LogP contribution in [0.2, 0.25) is 0 Å². The van der Waals surface area contributed by atoms with Crippen LogP contribution in [0.5, 0.6) is 0 Å². The largest absolute Gasteiger partial charge is 0.477 e. The maximum Gasteiger partial charge on any atom is 0.408 e. The average molecular weight is 307 g/mol. The molecule has 1 aliphatic rings. The third-order valence-corrected chi connectivity index (χ3v) is 3.45.